The van der Waals surface area contributed by atoms with Crippen molar-refractivity contribution in [2.75, 3.05) is 0 Å². The number of sulfonamides is 1. The normalized spacial score (nSPS) is 16.7. The molecule has 1 aromatic carbocycles. The van der Waals surface area contributed by atoms with Gasteiger partial charge in [-0.05, 0) is 62.5 Å². The highest BCUT2D eigenvalue weighted by Crippen LogP contribution is 2.36. The molecule has 0 amide bonds. The summed E-state index contributed by atoms with van der Waals surface area (Å²) < 4.78 is 57.9. The number of hydrogen-bond donors (Lipinski definition) is 1. The highest BCUT2D eigenvalue weighted by Gasteiger charge is 2.41. The fourth-order valence-electron chi connectivity index (χ4n) is 4.22. The van der Waals surface area contributed by atoms with E-state index in [9.17, 15) is 18.0 Å². The van der Waals surface area contributed by atoms with Gasteiger partial charge >= 0.3 is 5.69 Å². The quantitative estimate of drug-likeness (QED) is 0.414. The molecule has 0 unspecified atom stereocenters. The Kier molecular flexibility index (Phi) is 4.56. The summed E-state index contributed by atoms with van der Waals surface area (Å²) >= 11 is 0. The fourth-order valence-corrected chi connectivity index (χ4v) is 5.57. The van der Waals surface area contributed by atoms with E-state index < -0.39 is 33.7 Å². The van der Waals surface area contributed by atoms with E-state index in [2.05, 4.69) is 9.82 Å². The third kappa shape index (κ3) is 4.37. The zero-order chi connectivity index (χ0) is 27.6. The predicted molar refractivity (Wildman–Crippen MR) is 132 cm³/mol. The number of nitrogens with zero attached hydrogens (tertiary/aromatic N) is 5. The van der Waals surface area contributed by atoms with Crippen molar-refractivity contribution in [2.24, 2.45) is 14.1 Å². The molecule has 10 nitrogen and oxygen atoms in total. The summed E-state index contributed by atoms with van der Waals surface area (Å²) in [4.78, 5) is 27.0. The second-order valence-electron chi connectivity index (χ2n) is 9.21. The van der Waals surface area contributed by atoms with Crippen LogP contribution in [0, 0.1) is 6.92 Å². The zero-order valence-electron chi connectivity index (χ0n) is 22.6. The summed E-state index contributed by atoms with van der Waals surface area (Å²) in [5.74, 6) is 0. The van der Waals surface area contributed by atoms with Crippen molar-refractivity contribution in [1.29, 1.82) is 0 Å². The van der Waals surface area contributed by atoms with Crippen LogP contribution in [0.5, 0.6) is 0 Å². The van der Waals surface area contributed by atoms with Crippen LogP contribution < -0.4 is 16.0 Å². The Morgan fingerprint density at radius 2 is 1.89 bits per heavy atom. The lowest BCUT2D eigenvalue weighted by molar-refractivity contribution is 0.558. The first-order valence-corrected chi connectivity index (χ1v) is 12.6. The Hall–Kier alpha value is -3.44. The maximum absolute atomic E-state index is 13.6. The maximum atomic E-state index is 13.6. The molecule has 1 aliphatic carbocycles. The summed E-state index contributed by atoms with van der Waals surface area (Å²) in [5, 5.41) is 4.36. The summed E-state index contributed by atoms with van der Waals surface area (Å²) in [6, 6.07) is 7.53. The van der Waals surface area contributed by atoms with Gasteiger partial charge in [0.05, 0.1) is 40.3 Å². The minimum absolute atomic E-state index is 0.00372. The smallest absolute Gasteiger partial charge is 0.332 e. The molecule has 1 saturated carbocycles. The summed E-state index contributed by atoms with van der Waals surface area (Å²) in [5.41, 5.74) is -0.210. The molecule has 5 rings (SSSR count). The molecule has 1 fully saturated rings. The molecule has 0 spiro atoms. The first-order chi connectivity index (χ1) is 17.7. The number of rotatable bonds is 7. The van der Waals surface area contributed by atoms with Crippen LogP contribution in [0.2, 0.25) is 0 Å². The van der Waals surface area contributed by atoms with E-state index in [1.54, 1.807) is 34.8 Å². The third-order valence-electron chi connectivity index (χ3n) is 6.24. The predicted octanol–water partition coefficient (Wildman–Crippen LogP) is 1.47. The van der Waals surface area contributed by atoms with Crippen LogP contribution in [0.15, 0.2) is 57.2 Å². The van der Waals surface area contributed by atoms with E-state index in [0.717, 1.165) is 21.5 Å². The number of benzene rings is 1. The molecule has 0 atom stereocenters. The van der Waals surface area contributed by atoms with Crippen LogP contribution >= 0.6 is 0 Å². The largest absolute Gasteiger partial charge is 0.357 e. The zero-order valence-corrected chi connectivity index (χ0v) is 20.5. The standard InChI is InChI=1S/C24H28N6O4S/c1-16-11-18(28(4)25-16)15-29-21-6-5-19(35(33,34)26-24(2)8-9-24)12-20(21)22(31)30(23(29)32)14-17-7-10-27(3)13-17/h5-7,10-13,26H,8-9,14-15H2,1-4H3/i2D3. The maximum Gasteiger partial charge on any atom is 0.332 e. The first-order valence-electron chi connectivity index (χ1n) is 12.6. The van der Waals surface area contributed by atoms with Crippen molar-refractivity contribution >= 4 is 20.9 Å². The Balaban J connectivity index is 1.68. The van der Waals surface area contributed by atoms with E-state index in [-0.39, 0.29) is 41.7 Å². The lowest BCUT2D eigenvalue weighted by atomic mass is 10.2. The van der Waals surface area contributed by atoms with Crippen LogP contribution in [-0.2, 0) is 37.2 Å². The van der Waals surface area contributed by atoms with E-state index in [4.69, 9.17) is 4.11 Å². The molecule has 0 aliphatic heterocycles. The van der Waals surface area contributed by atoms with Crippen LogP contribution in [0.25, 0.3) is 10.9 Å². The topological polar surface area (TPSA) is 113 Å². The minimum atomic E-state index is -4.26. The Labute approximate surface area is 206 Å². The summed E-state index contributed by atoms with van der Waals surface area (Å²) in [6.07, 6.45) is 3.99. The molecule has 184 valence electrons. The Morgan fingerprint density at radius 1 is 1.11 bits per heavy atom. The van der Waals surface area contributed by atoms with Crippen molar-refractivity contribution < 1.29 is 12.5 Å². The van der Waals surface area contributed by atoms with Crippen LogP contribution in [0.1, 0.15) is 40.8 Å². The minimum Gasteiger partial charge on any atom is -0.357 e. The average Bonchev–Trinajstić information content (AvgIpc) is 3.39. The van der Waals surface area contributed by atoms with Gasteiger partial charge in [0, 0.05) is 36.1 Å². The Morgan fingerprint density at radius 3 is 2.49 bits per heavy atom. The molecule has 3 aromatic heterocycles. The number of aromatic nitrogens is 5. The molecular weight excluding hydrogens is 468 g/mol. The number of fused-ring (bicyclic) bond motifs is 1. The van der Waals surface area contributed by atoms with Gasteiger partial charge in [-0.15, -0.1) is 0 Å². The van der Waals surface area contributed by atoms with Gasteiger partial charge in [-0.1, -0.05) is 0 Å². The number of hydrogen-bond acceptors (Lipinski definition) is 5. The molecular formula is C24H28N6O4S. The summed E-state index contributed by atoms with van der Waals surface area (Å²) in [6.45, 7) is -0.567. The van der Waals surface area contributed by atoms with Crippen molar-refractivity contribution in [1.82, 2.24) is 28.2 Å². The van der Waals surface area contributed by atoms with Gasteiger partial charge in [0.2, 0.25) is 10.0 Å². The van der Waals surface area contributed by atoms with Crippen molar-refractivity contribution in [3.63, 3.8) is 0 Å². The second kappa shape index (κ2) is 8.06. The lowest BCUT2D eigenvalue weighted by Crippen LogP contribution is -2.41. The van der Waals surface area contributed by atoms with E-state index in [0.29, 0.717) is 0 Å². The molecule has 3 heterocycles. The molecule has 35 heavy (non-hydrogen) atoms. The molecule has 4 aromatic rings. The highest BCUT2D eigenvalue weighted by atomic mass is 32.2. The van der Waals surface area contributed by atoms with Gasteiger partial charge in [0.25, 0.3) is 5.56 Å². The monoisotopic (exact) mass is 499 g/mol. The van der Waals surface area contributed by atoms with Crippen LogP contribution in [0.4, 0.5) is 0 Å². The van der Waals surface area contributed by atoms with Gasteiger partial charge in [0.1, 0.15) is 0 Å². The molecule has 1 N–H and O–H groups in total. The van der Waals surface area contributed by atoms with Crippen LogP contribution in [0.3, 0.4) is 0 Å². The van der Waals surface area contributed by atoms with Gasteiger partial charge in [0.15, 0.2) is 0 Å². The lowest BCUT2D eigenvalue weighted by Gasteiger charge is -2.16. The average molecular weight is 500 g/mol. The van der Waals surface area contributed by atoms with Gasteiger partial charge in [-0.2, -0.15) is 5.10 Å². The SMILES string of the molecule is [2H]C([2H])([2H])C1(NS(=O)(=O)c2ccc3c(c2)c(=O)n(Cc2ccn(C)c2)c(=O)n3Cc2cc(C)nn2C)CC1. The molecule has 0 saturated heterocycles. The van der Waals surface area contributed by atoms with Crippen molar-refractivity contribution in [3.8, 4) is 0 Å². The Bertz CT molecular complexity index is 1790. The molecule has 0 bridgehead atoms. The van der Waals surface area contributed by atoms with Gasteiger partial charge < -0.3 is 4.57 Å². The van der Waals surface area contributed by atoms with Crippen LogP contribution in [-0.4, -0.2) is 37.4 Å². The molecule has 11 heteroatoms. The van der Waals surface area contributed by atoms with E-state index >= 15 is 0 Å². The van der Waals surface area contributed by atoms with E-state index in [1.807, 2.05) is 20.0 Å². The third-order valence-corrected chi connectivity index (χ3v) is 7.77. The number of aryl methyl sites for hydroxylation is 3. The summed E-state index contributed by atoms with van der Waals surface area (Å²) in [7, 11) is -0.684. The second-order valence-corrected chi connectivity index (χ2v) is 10.9. The van der Waals surface area contributed by atoms with Gasteiger partial charge in [-0.25, -0.2) is 17.9 Å². The van der Waals surface area contributed by atoms with Crippen molar-refractivity contribution in [3.05, 3.63) is 80.5 Å². The number of nitrogens with one attached hydrogen (secondary N) is 1. The molecule has 0 radical (unpaired) electrons. The first kappa shape index (κ1) is 19.8. The van der Waals surface area contributed by atoms with Crippen molar-refractivity contribution in [2.45, 2.75) is 50.1 Å². The van der Waals surface area contributed by atoms with Gasteiger partial charge in [-0.3, -0.25) is 18.6 Å². The highest BCUT2D eigenvalue weighted by molar-refractivity contribution is 7.89. The van der Waals surface area contributed by atoms with E-state index in [1.165, 1.54) is 22.8 Å². The fraction of sp³-hybridized carbons (Fsp3) is 0.375. The molecule has 1 aliphatic rings.